The van der Waals surface area contributed by atoms with Gasteiger partial charge in [-0.2, -0.15) is 0 Å². The summed E-state index contributed by atoms with van der Waals surface area (Å²) in [5.41, 5.74) is 1.25. The molecular weight excluding hydrogens is 264 g/mol. The molecule has 1 fully saturated rings. The Morgan fingerprint density at radius 3 is 2.56 bits per heavy atom. The smallest absolute Gasteiger partial charge is 0.205 e. The normalized spacial score (nSPS) is 15.3. The average molecular weight is 280 g/mol. The van der Waals surface area contributed by atoms with Crippen molar-refractivity contribution in [2.45, 2.75) is 38.5 Å². The van der Waals surface area contributed by atoms with E-state index < -0.39 is 0 Å². The van der Waals surface area contributed by atoms with Gasteiger partial charge in [-0.15, -0.1) is 21.5 Å². The monoisotopic (exact) mass is 280 g/mol. The maximum Gasteiger partial charge on any atom is 0.205 e. The lowest BCUT2D eigenvalue weighted by atomic mass is 10.2. The Kier molecular flexibility index (Phi) is 3.07. The third kappa shape index (κ3) is 2.14. The van der Waals surface area contributed by atoms with Crippen LogP contribution in [0.2, 0.25) is 0 Å². The first-order chi connectivity index (χ1) is 8.69. The van der Waals surface area contributed by atoms with Crippen molar-refractivity contribution in [3.63, 3.8) is 0 Å². The van der Waals surface area contributed by atoms with E-state index in [1.165, 1.54) is 28.4 Å². The maximum atomic E-state index is 4.82. The van der Waals surface area contributed by atoms with E-state index in [2.05, 4.69) is 29.4 Å². The summed E-state index contributed by atoms with van der Waals surface area (Å²) in [5.74, 6) is 1.14. The Balaban J connectivity index is 2.03. The number of hydrogen-bond acceptors (Lipinski definition) is 6. The molecule has 0 spiro atoms. The minimum Gasteiger partial charge on any atom is -0.363 e. The second-order valence-electron chi connectivity index (χ2n) is 4.86. The molecule has 0 aromatic carbocycles. The van der Waals surface area contributed by atoms with Crippen LogP contribution in [0.4, 0.5) is 5.13 Å². The van der Waals surface area contributed by atoms with Crippen LogP contribution >= 0.6 is 22.7 Å². The molecule has 0 unspecified atom stereocenters. The lowest BCUT2D eigenvalue weighted by Crippen LogP contribution is -1.87. The number of aromatic nitrogens is 3. The van der Waals surface area contributed by atoms with Crippen LogP contribution < -0.4 is 5.32 Å². The fourth-order valence-corrected chi connectivity index (χ4v) is 3.73. The zero-order chi connectivity index (χ0) is 12.7. The van der Waals surface area contributed by atoms with E-state index in [0.29, 0.717) is 11.8 Å². The van der Waals surface area contributed by atoms with Crippen molar-refractivity contribution < 1.29 is 0 Å². The number of hydrogen-bond donors (Lipinski definition) is 1. The van der Waals surface area contributed by atoms with Gasteiger partial charge in [-0.05, 0) is 12.8 Å². The largest absolute Gasteiger partial charge is 0.363 e. The van der Waals surface area contributed by atoms with E-state index in [0.717, 1.165) is 10.1 Å². The van der Waals surface area contributed by atoms with Gasteiger partial charge in [0.1, 0.15) is 0 Å². The van der Waals surface area contributed by atoms with Gasteiger partial charge in [0, 0.05) is 18.9 Å². The number of anilines is 1. The first-order valence-electron chi connectivity index (χ1n) is 6.21. The second kappa shape index (κ2) is 4.59. The molecule has 96 valence electrons. The third-order valence-electron chi connectivity index (χ3n) is 2.96. The first kappa shape index (κ1) is 12.0. The number of thiazole rings is 1. The van der Waals surface area contributed by atoms with Gasteiger partial charge in [0.15, 0.2) is 5.01 Å². The van der Waals surface area contributed by atoms with Gasteiger partial charge in [-0.1, -0.05) is 25.2 Å². The second-order valence-corrected chi connectivity index (χ2v) is 6.87. The molecule has 1 N–H and O–H groups in total. The van der Waals surface area contributed by atoms with E-state index in [1.807, 2.05) is 7.05 Å². The summed E-state index contributed by atoms with van der Waals surface area (Å²) in [6, 6.07) is 0. The van der Waals surface area contributed by atoms with Gasteiger partial charge in [-0.3, -0.25) is 0 Å². The van der Waals surface area contributed by atoms with Gasteiger partial charge in [0.2, 0.25) is 5.13 Å². The summed E-state index contributed by atoms with van der Waals surface area (Å²) in [4.78, 5) is 6.06. The molecule has 1 saturated carbocycles. The van der Waals surface area contributed by atoms with Crippen LogP contribution in [0.25, 0.3) is 9.88 Å². The molecule has 18 heavy (non-hydrogen) atoms. The molecule has 0 amide bonds. The third-order valence-corrected chi connectivity index (χ3v) is 5.43. The highest BCUT2D eigenvalue weighted by Crippen LogP contribution is 2.47. The maximum absolute atomic E-state index is 4.82. The number of nitrogens with one attached hydrogen (secondary N) is 1. The Bertz CT molecular complexity index is 554. The molecule has 3 rings (SSSR count). The highest BCUT2D eigenvalue weighted by atomic mass is 32.1. The zero-order valence-corrected chi connectivity index (χ0v) is 12.4. The van der Waals surface area contributed by atoms with Crippen molar-refractivity contribution >= 4 is 27.8 Å². The fraction of sp³-hybridized carbons (Fsp3) is 0.583. The standard InChI is InChI=1S/C12H16N4S2/c1-6(2)10-14-8(7-4-5-7)9(17-10)11-15-16-12(13-3)18-11/h6-7H,4-5H2,1-3H3,(H,13,16). The van der Waals surface area contributed by atoms with E-state index in [4.69, 9.17) is 4.98 Å². The summed E-state index contributed by atoms with van der Waals surface area (Å²) < 4.78 is 0. The van der Waals surface area contributed by atoms with Crippen LogP contribution in [0.5, 0.6) is 0 Å². The Morgan fingerprint density at radius 2 is 2.00 bits per heavy atom. The van der Waals surface area contributed by atoms with E-state index in [-0.39, 0.29) is 0 Å². The first-order valence-corrected chi connectivity index (χ1v) is 7.84. The molecule has 0 radical (unpaired) electrons. The summed E-state index contributed by atoms with van der Waals surface area (Å²) in [7, 11) is 1.87. The predicted molar refractivity (Wildman–Crippen MR) is 76.6 cm³/mol. The topological polar surface area (TPSA) is 50.7 Å². The van der Waals surface area contributed by atoms with Gasteiger partial charge >= 0.3 is 0 Å². The van der Waals surface area contributed by atoms with Gasteiger partial charge in [0.05, 0.1) is 15.6 Å². The minimum atomic E-state index is 0.484. The van der Waals surface area contributed by atoms with Crippen molar-refractivity contribution in [1.29, 1.82) is 0 Å². The van der Waals surface area contributed by atoms with Crippen molar-refractivity contribution in [1.82, 2.24) is 15.2 Å². The summed E-state index contributed by atoms with van der Waals surface area (Å²) >= 11 is 3.39. The molecular formula is C12H16N4S2. The van der Waals surface area contributed by atoms with Gasteiger partial charge in [0.25, 0.3) is 0 Å². The molecule has 2 aromatic heterocycles. The predicted octanol–water partition coefficient (Wildman–Crippen LogP) is 3.70. The Morgan fingerprint density at radius 1 is 1.22 bits per heavy atom. The molecule has 0 saturated heterocycles. The van der Waals surface area contributed by atoms with E-state index in [1.54, 1.807) is 22.7 Å². The molecule has 6 heteroatoms. The SMILES string of the molecule is CNc1nnc(-c2sc(C(C)C)nc2C2CC2)s1. The van der Waals surface area contributed by atoms with Crippen LogP contribution in [-0.4, -0.2) is 22.2 Å². The molecule has 4 nitrogen and oxygen atoms in total. The molecule has 1 aliphatic rings. The molecule has 1 aliphatic carbocycles. The van der Waals surface area contributed by atoms with Crippen LogP contribution in [-0.2, 0) is 0 Å². The van der Waals surface area contributed by atoms with Crippen LogP contribution in [0, 0.1) is 0 Å². The molecule has 2 aromatic rings. The number of rotatable bonds is 4. The van der Waals surface area contributed by atoms with Crippen molar-refractivity contribution in [3.8, 4) is 9.88 Å². The fourth-order valence-electron chi connectivity index (χ4n) is 1.80. The zero-order valence-electron chi connectivity index (χ0n) is 10.7. The van der Waals surface area contributed by atoms with Crippen LogP contribution in [0.3, 0.4) is 0 Å². The highest BCUT2D eigenvalue weighted by molar-refractivity contribution is 7.23. The van der Waals surface area contributed by atoms with E-state index in [9.17, 15) is 0 Å². The summed E-state index contributed by atoms with van der Waals surface area (Å²) in [6.45, 7) is 4.39. The Labute approximate surface area is 114 Å². The van der Waals surface area contributed by atoms with Gasteiger partial charge in [-0.25, -0.2) is 4.98 Å². The number of nitrogens with zero attached hydrogens (tertiary/aromatic N) is 3. The lowest BCUT2D eigenvalue weighted by molar-refractivity contribution is 0.838. The highest BCUT2D eigenvalue weighted by Gasteiger charge is 2.31. The average Bonchev–Trinajstić information content (AvgIpc) is 2.94. The summed E-state index contributed by atoms with van der Waals surface area (Å²) in [5, 5.41) is 14.5. The van der Waals surface area contributed by atoms with Crippen LogP contribution in [0.15, 0.2) is 0 Å². The molecule has 2 heterocycles. The Hall–Kier alpha value is -1.01. The van der Waals surface area contributed by atoms with E-state index >= 15 is 0 Å². The minimum absolute atomic E-state index is 0.484. The molecule has 0 atom stereocenters. The van der Waals surface area contributed by atoms with Gasteiger partial charge < -0.3 is 5.32 Å². The quantitative estimate of drug-likeness (QED) is 0.927. The van der Waals surface area contributed by atoms with Crippen molar-refractivity contribution in [3.05, 3.63) is 10.7 Å². The molecule has 0 aliphatic heterocycles. The lowest BCUT2D eigenvalue weighted by Gasteiger charge is -1.95. The molecule has 0 bridgehead atoms. The van der Waals surface area contributed by atoms with Crippen molar-refractivity contribution in [2.75, 3.05) is 12.4 Å². The van der Waals surface area contributed by atoms with Crippen LogP contribution in [0.1, 0.15) is 49.2 Å². The summed E-state index contributed by atoms with van der Waals surface area (Å²) in [6.07, 6.45) is 2.54. The van der Waals surface area contributed by atoms with Crippen molar-refractivity contribution in [2.24, 2.45) is 0 Å².